The SMILES string of the molecule is CCCCCCCCC/C=C\CCCCC(=O)[O-].[Na+]. The first-order valence-corrected chi connectivity index (χ1v) is 7.62. The molecule has 0 aromatic rings. The minimum absolute atomic E-state index is 0. The summed E-state index contributed by atoms with van der Waals surface area (Å²) >= 11 is 0. The van der Waals surface area contributed by atoms with Gasteiger partial charge in [0.1, 0.15) is 0 Å². The molecule has 0 aliphatic carbocycles. The van der Waals surface area contributed by atoms with Crippen LogP contribution in [0.3, 0.4) is 0 Å². The molecule has 0 rings (SSSR count). The molecule has 0 saturated heterocycles. The van der Waals surface area contributed by atoms with E-state index in [1.807, 2.05) is 0 Å². The van der Waals surface area contributed by atoms with E-state index >= 15 is 0 Å². The number of rotatable bonds is 13. The number of carbonyl (C=O) groups excluding carboxylic acids is 1. The predicted molar refractivity (Wildman–Crippen MR) is 75.2 cm³/mol. The van der Waals surface area contributed by atoms with Gasteiger partial charge >= 0.3 is 29.6 Å². The molecule has 0 aliphatic heterocycles. The Kier molecular flexibility index (Phi) is 20.6. The molecular weight excluding hydrogens is 247 g/mol. The van der Waals surface area contributed by atoms with Crippen molar-refractivity contribution < 1.29 is 39.5 Å². The van der Waals surface area contributed by atoms with Crippen LogP contribution in [0.5, 0.6) is 0 Å². The van der Waals surface area contributed by atoms with Crippen molar-refractivity contribution in [2.75, 3.05) is 0 Å². The number of carboxylic acids is 1. The third-order valence-corrected chi connectivity index (χ3v) is 3.14. The third-order valence-electron chi connectivity index (χ3n) is 3.14. The van der Waals surface area contributed by atoms with Crippen LogP contribution < -0.4 is 34.7 Å². The number of aliphatic carboxylic acids is 1. The number of unbranched alkanes of at least 4 members (excludes halogenated alkanes) is 9. The fraction of sp³-hybridized carbons (Fsp3) is 0.812. The average Bonchev–Trinajstić information content (AvgIpc) is 2.34. The zero-order valence-electron chi connectivity index (χ0n) is 13.0. The van der Waals surface area contributed by atoms with Gasteiger partial charge in [-0.1, -0.05) is 57.6 Å². The van der Waals surface area contributed by atoms with Crippen molar-refractivity contribution in [2.45, 2.75) is 84.0 Å². The topological polar surface area (TPSA) is 40.1 Å². The van der Waals surface area contributed by atoms with E-state index in [2.05, 4.69) is 19.1 Å². The maximum absolute atomic E-state index is 10.2. The monoisotopic (exact) mass is 276 g/mol. The van der Waals surface area contributed by atoms with E-state index in [9.17, 15) is 9.90 Å². The Morgan fingerprint density at radius 1 is 0.842 bits per heavy atom. The predicted octanol–water partition coefficient (Wildman–Crippen LogP) is 0.998. The van der Waals surface area contributed by atoms with E-state index in [1.165, 1.54) is 51.4 Å². The molecule has 3 heteroatoms. The second-order valence-corrected chi connectivity index (χ2v) is 5.00. The minimum atomic E-state index is -0.929. The number of carboxylic acid groups (broad SMARTS) is 1. The van der Waals surface area contributed by atoms with E-state index < -0.39 is 5.97 Å². The zero-order valence-corrected chi connectivity index (χ0v) is 15.0. The minimum Gasteiger partial charge on any atom is -0.550 e. The molecule has 19 heavy (non-hydrogen) atoms. The van der Waals surface area contributed by atoms with Crippen LogP contribution in [-0.4, -0.2) is 5.97 Å². The summed E-state index contributed by atoms with van der Waals surface area (Å²) in [6, 6.07) is 0. The van der Waals surface area contributed by atoms with Crippen molar-refractivity contribution in [2.24, 2.45) is 0 Å². The first-order chi connectivity index (χ1) is 8.77. The molecule has 0 amide bonds. The van der Waals surface area contributed by atoms with Gasteiger partial charge in [0.15, 0.2) is 0 Å². The Labute approximate surface area is 141 Å². The molecule has 0 atom stereocenters. The van der Waals surface area contributed by atoms with Gasteiger partial charge in [-0.25, -0.2) is 0 Å². The van der Waals surface area contributed by atoms with Gasteiger partial charge in [-0.3, -0.25) is 0 Å². The van der Waals surface area contributed by atoms with Gasteiger partial charge in [-0.05, 0) is 38.5 Å². The van der Waals surface area contributed by atoms with Crippen LogP contribution in [0, 0.1) is 0 Å². The van der Waals surface area contributed by atoms with Crippen LogP contribution in [0.2, 0.25) is 0 Å². The Hall–Kier alpha value is 0.210. The zero-order chi connectivity index (χ0) is 13.5. The van der Waals surface area contributed by atoms with E-state index in [1.54, 1.807) is 0 Å². The summed E-state index contributed by atoms with van der Waals surface area (Å²) in [7, 11) is 0. The summed E-state index contributed by atoms with van der Waals surface area (Å²) < 4.78 is 0. The second kappa shape index (κ2) is 18.2. The molecule has 0 fully saturated rings. The van der Waals surface area contributed by atoms with Crippen LogP contribution in [-0.2, 0) is 4.79 Å². The van der Waals surface area contributed by atoms with Crippen molar-refractivity contribution in [1.29, 1.82) is 0 Å². The van der Waals surface area contributed by atoms with E-state index in [-0.39, 0.29) is 36.0 Å². The Bertz CT molecular complexity index is 215. The molecule has 2 nitrogen and oxygen atoms in total. The first kappa shape index (κ1) is 21.5. The molecule has 0 spiro atoms. The normalized spacial score (nSPS) is 10.6. The summed E-state index contributed by atoms with van der Waals surface area (Å²) in [4.78, 5) is 10.2. The van der Waals surface area contributed by atoms with Gasteiger partial charge in [0.05, 0.1) is 0 Å². The Balaban J connectivity index is 0. The molecular formula is C16H29NaO2. The average molecular weight is 276 g/mol. The van der Waals surface area contributed by atoms with E-state index in [4.69, 9.17) is 0 Å². The van der Waals surface area contributed by atoms with E-state index in [0.717, 1.165) is 19.3 Å². The van der Waals surface area contributed by atoms with Crippen LogP contribution >= 0.6 is 0 Å². The molecule has 0 heterocycles. The molecule has 0 bridgehead atoms. The van der Waals surface area contributed by atoms with Crippen molar-refractivity contribution in [1.82, 2.24) is 0 Å². The quantitative estimate of drug-likeness (QED) is 0.286. The van der Waals surface area contributed by atoms with Crippen molar-refractivity contribution in [3.63, 3.8) is 0 Å². The van der Waals surface area contributed by atoms with Crippen LogP contribution in [0.25, 0.3) is 0 Å². The molecule has 0 N–H and O–H groups in total. The van der Waals surface area contributed by atoms with E-state index in [0.29, 0.717) is 0 Å². The first-order valence-electron chi connectivity index (χ1n) is 7.62. The fourth-order valence-corrected chi connectivity index (χ4v) is 1.99. The Morgan fingerprint density at radius 3 is 1.84 bits per heavy atom. The summed E-state index contributed by atoms with van der Waals surface area (Å²) in [5.41, 5.74) is 0. The van der Waals surface area contributed by atoms with Gasteiger partial charge < -0.3 is 9.90 Å². The molecule has 106 valence electrons. The molecule has 0 aliphatic rings. The maximum atomic E-state index is 10.2. The largest absolute Gasteiger partial charge is 1.00 e. The van der Waals surface area contributed by atoms with Crippen molar-refractivity contribution >= 4 is 5.97 Å². The maximum Gasteiger partial charge on any atom is 1.00 e. The smallest absolute Gasteiger partial charge is 0.550 e. The third kappa shape index (κ3) is 20.7. The van der Waals surface area contributed by atoms with Gasteiger partial charge in [-0.2, -0.15) is 0 Å². The number of allylic oxidation sites excluding steroid dienone is 2. The van der Waals surface area contributed by atoms with Gasteiger partial charge in [0, 0.05) is 5.97 Å². The van der Waals surface area contributed by atoms with Crippen molar-refractivity contribution in [3.05, 3.63) is 12.2 Å². The summed E-state index contributed by atoms with van der Waals surface area (Å²) in [6.07, 6.45) is 18.0. The standard InChI is InChI=1S/C16H30O2.Na/c1-2-3-4-5-6-7-8-9-10-11-12-13-14-15-16(17)18;/h10-11H,2-9,12-15H2,1H3,(H,17,18);/q;+1/p-1/b11-10-;. The molecule has 0 aromatic heterocycles. The molecule has 0 unspecified atom stereocenters. The van der Waals surface area contributed by atoms with Crippen LogP contribution in [0.4, 0.5) is 0 Å². The molecule has 0 aromatic carbocycles. The van der Waals surface area contributed by atoms with Crippen LogP contribution in [0.15, 0.2) is 12.2 Å². The summed E-state index contributed by atoms with van der Waals surface area (Å²) in [5, 5.41) is 10.2. The van der Waals surface area contributed by atoms with Crippen molar-refractivity contribution in [3.8, 4) is 0 Å². The summed E-state index contributed by atoms with van der Waals surface area (Å²) in [6.45, 7) is 2.25. The van der Waals surface area contributed by atoms with Crippen LogP contribution in [0.1, 0.15) is 84.0 Å². The molecule has 0 saturated carbocycles. The Morgan fingerprint density at radius 2 is 1.32 bits per heavy atom. The summed E-state index contributed by atoms with van der Waals surface area (Å²) in [5.74, 6) is -0.929. The van der Waals surface area contributed by atoms with Gasteiger partial charge in [0.2, 0.25) is 0 Å². The number of carbonyl (C=O) groups is 1. The number of hydrogen-bond donors (Lipinski definition) is 0. The fourth-order valence-electron chi connectivity index (χ4n) is 1.99. The molecule has 0 radical (unpaired) electrons. The second-order valence-electron chi connectivity index (χ2n) is 5.00. The van der Waals surface area contributed by atoms with Gasteiger partial charge in [0.25, 0.3) is 0 Å². The van der Waals surface area contributed by atoms with Gasteiger partial charge in [-0.15, -0.1) is 0 Å². The number of hydrogen-bond acceptors (Lipinski definition) is 2.